The number of carbonyl (C=O) groups is 1. The van der Waals surface area contributed by atoms with E-state index in [0.717, 1.165) is 5.69 Å². The van der Waals surface area contributed by atoms with Crippen molar-refractivity contribution in [2.45, 2.75) is 44.1 Å². The fraction of sp³-hybridized carbons (Fsp3) is 0.400. The number of imidazole rings is 1. The zero-order valence-corrected chi connectivity index (χ0v) is 16.0. The van der Waals surface area contributed by atoms with Crippen LogP contribution in [0, 0.1) is 12.8 Å². The molecule has 2 aromatic heterocycles. The highest BCUT2D eigenvalue weighted by atomic mass is 19.4. The molecule has 4 heterocycles. The maximum atomic E-state index is 13.3. The van der Waals surface area contributed by atoms with Gasteiger partial charge in [0.1, 0.15) is 18.5 Å². The van der Waals surface area contributed by atoms with Crippen LogP contribution in [0.5, 0.6) is 0 Å². The Morgan fingerprint density at radius 1 is 1.30 bits per heavy atom. The van der Waals surface area contributed by atoms with Gasteiger partial charge in [0, 0.05) is 24.3 Å². The Bertz CT molecular complexity index is 1100. The van der Waals surface area contributed by atoms with Gasteiger partial charge in [0.05, 0.1) is 11.6 Å². The molecular weight excluding hydrogens is 397 g/mol. The lowest BCUT2D eigenvalue weighted by Gasteiger charge is -2.25. The van der Waals surface area contributed by atoms with Crippen LogP contribution in [0.25, 0.3) is 5.65 Å². The predicted molar refractivity (Wildman–Crippen MR) is 103 cm³/mol. The lowest BCUT2D eigenvalue weighted by molar-refractivity contribution is -0.158. The lowest BCUT2D eigenvalue weighted by Crippen LogP contribution is -2.47. The second kappa shape index (κ2) is 6.68. The van der Waals surface area contributed by atoms with Gasteiger partial charge < -0.3 is 10.2 Å². The first-order chi connectivity index (χ1) is 14.3. The Kier molecular flexibility index (Phi) is 4.19. The van der Waals surface area contributed by atoms with Crippen molar-refractivity contribution in [3.8, 4) is 0 Å². The van der Waals surface area contributed by atoms with Crippen molar-refractivity contribution in [3.63, 3.8) is 0 Å². The molecule has 0 spiro atoms. The molecule has 1 saturated carbocycles. The van der Waals surface area contributed by atoms with E-state index < -0.39 is 24.0 Å². The molecule has 1 fully saturated rings. The standard InChI is InChI=1S/C20H19F3N6O/c1-11-9-14(13-5-8-28-7-2-6-24-17(13)28)26-18-15(25-10-29(11)18)19(30)27-16(12-3-4-12)20(21,22)23/h2,5-10,12-13,16-17H,3-4H2,1H3,(H,27,30). The number of aryl methyl sites for hydroxylation is 1. The number of rotatable bonds is 4. The van der Waals surface area contributed by atoms with E-state index in [0.29, 0.717) is 18.5 Å². The summed E-state index contributed by atoms with van der Waals surface area (Å²) in [5, 5.41) is 2.13. The fourth-order valence-electron chi connectivity index (χ4n) is 3.98. The number of aromatic nitrogens is 3. The molecule has 0 saturated heterocycles. The highest BCUT2D eigenvalue weighted by Gasteiger charge is 2.50. The molecule has 0 aromatic carbocycles. The molecule has 1 amide bonds. The van der Waals surface area contributed by atoms with E-state index >= 15 is 0 Å². The van der Waals surface area contributed by atoms with E-state index in [1.807, 2.05) is 42.4 Å². The third-order valence-corrected chi connectivity index (χ3v) is 5.68. The quantitative estimate of drug-likeness (QED) is 0.832. The SMILES string of the molecule is Cc1cc(C2C=CN3C=CC=NC23)nc2c(C(=O)NC(C3CC3)C(F)(F)F)ncn12. The molecule has 5 rings (SSSR count). The first-order valence-electron chi connectivity index (χ1n) is 9.71. The molecule has 1 N–H and O–H groups in total. The van der Waals surface area contributed by atoms with E-state index in [1.165, 1.54) is 6.33 Å². The van der Waals surface area contributed by atoms with Gasteiger partial charge in [-0.1, -0.05) is 6.08 Å². The van der Waals surface area contributed by atoms with E-state index in [2.05, 4.69) is 20.3 Å². The summed E-state index contributed by atoms with van der Waals surface area (Å²) in [5.74, 6) is -1.58. The molecule has 2 aliphatic heterocycles. The predicted octanol–water partition coefficient (Wildman–Crippen LogP) is 2.95. The summed E-state index contributed by atoms with van der Waals surface area (Å²) in [4.78, 5) is 27.8. The van der Waals surface area contributed by atoms with Crippen molar-refractivity contribution in [3.05, 3.63) is 54.0 Å². The number of alkyl halides is 3. The summed E-state index contributed by atoms with van der Waals surface area (Å²) in [6, 6.07) is 0.0199. The van der Waals surface area contributed by atoms with Gasteiger partial charge in [-0.25, -0.2) is 9.97 Å². The number of hydrogen-bond acceptors (Lipinski definition) is 5. The van der Waals surface area contributed by atoms with Gasteiger partial charge in [-0.05, 0) is 37.8 Å². The lowest BCUT2D eigenvalue weighted by atomic mass is 10.0. The molecule has 1 aliphatic carbocycles. The Morgan fingerprint density at radius 3 is 2.83 bits per heavy atom. The number of amides is 1. The number of fused-ring (bicyclic) bond motifs is 2. The van der Waals surface area contributed by atoms with Gasteiger partial charge in [0.15, 0.2) is 11.3 Å². The summed E-state index contributed by atoms with van der Waals surface area (Å²) in [6.07, 6.45) is 7.00. The minimum Gasteiger partial charge on any atom is -0.339 e. The van der Waals surface area contributed by atoms with E-state index in [9.17, 15) is 18.0 Å². The number of hydrogen-bond donors (Lipinski definition) is 1. The summed E-state index contributed by atoms with van der Waals surface area (Å²) >= 11 is 0. The number of nitrogens with zero attached hydrogens (tertiary/aromatic N) is 5. The van der Waals surface area contributed by atoms with Gasteiger partial charge in [-0.3, -0.25) is 14.2 Å². The Labute approximate surface area is 170 Å². The minimum absolute atomic E-state index is 0.110. The Hall–Kier alpha value is -3.17. The summed E-state index contributed by atoms with van der Waals surface area (Å²) in [5.41, 5.74) is 1.58. The van der Waals surface area contributed by atoms with Crippen LogP contribution in [0.2, 0.25) is 0 Å². The number of allylic oxidation sites excluding steroid dienone is 1. The van der Waals surface area contributed by atoms with Gasteiger partial charge in [0.25, 0.3) is 5.91 Å². The molecule has 2 aromatic rings. The maximum Gasteiger partial charge on any atom is 0.408 e. The van der Waals surface area contributed by atoms with Gasteiger partial charge in [0.2, 0.25) is 0 Å². The highest BCUT2D eigenvalue weighted by molar-refractivity contribution is 5.98. The largest absolute Gasteiger partial charge is 0.408 e. The smallest absolute Gasteiger partial charge is 0.339 e. The Balaban J connectivity index is 1.48. The van der Waals surface area contributed by atoms with Crippen molar-refractivity contribution in [2.75, 3.05) is 0 Å². The van der Waals surface area contributed by atoms with Crippen LogP contribution < -0.4 is 5.32 Å². The zero-order valence-electron chi connectivity index (χ0n) is 16.0. The maximum absolute atomic E-state index is 13.3. The van der Waals surface area contributed by atoms with E-state index in [4.69, 9.17) is 0 Å². The van der Waals surface area contributed by atoms with Gasteiger partial charge in [-0.15, -0.1) is 0 Å². The van der Waals surface area contributed by atoms with Crippen LogP contribution in [0.15, 0.2) is 41.9 Å². The van der Waals surface area contributed by atoms with Crippen molar-refractivity contribution in [1.82, 2.24) is 24.6 Å². The molecule has 0 radical (unpaired) electrons. The van der Waals surface area contributed by atoms with Crippen LogP contribution in [0.4, 0.5) is 13.2 Å². The van der Waals surface area contributed by atoms with Crippen LogP contribution >= 0.6 is 0 Å². The average molecular weight is 416 g/mol. The molecule has 30 heavy (non-hydrogen) atoms. The monoisotopic (exact) mass is 416 g/mol. The van der Waals surface area contributed by atoms with Crippen LogP contribution in [0.3, 0.4) is 0 Å². The fourth-order valence-corrected chi connectivity index (χ4v) is 3.98. The number of nitrogens with one attached hydrogen (secondary N) is 1. The molecule has 0 bridgehead atoms. The van der Waals surface area contributed by atoms with Crippen molar-refractivity contribution < 1.29 is 18.0 Å². The molecule has 3 aliphatic rings. The van der Waals surface area contributed by atoms with Crippen molar-refractivity contribution in [2.24, 2.45) is 10.9 Å². The third-order valence-electron chi connectivity index (χ3n) is 5.68. The number of aliphatic imine (C=N–C) groups is 1. The second-order valence-electron chi connectivity index (χ2n) is 7.81. The molecular formula is C20H19F3N6O. The number of halogens is 3. The molecule has 3 atom stereocenters. The van der Waals surface area contributed by atoms with Gasteiger partial charge in [-0.2, -0.15) is 13.2 Å². The van der Waals surface area contributed by atoms with E-state index in [-0.39, 0.29) is 23.4 Å². The molecule has 156 valence electrons. The molecule has 3 unspecified atom stereocenters. The summed E-state index contributed by atoms with van der Waals surface area (Å²) < 4.78 is 41.6. The normalized spacial score (nSPS) is 23.8. The summed E-state index contributed by atoms with van der Waals surface area (Å²) in [6.45, 7) is 1.84. The van der Waals surface area contributed by atoms with Crippen molar-refractivity contribution in [1.29, 1.82) is 0 Å². The Morgan fingerprint density at radius 2 is 2.10 bits per heavy atom. The topological polar surface area (TPSA) is 74.9 Å². The first-order valence-corrected chi connectivity index (χ1v) is 9.71. The third kappa shape index (κ3) is 3.16. The average Bonchev–Trinajstić information content (AvgIpc) is 3.28. The number of carbonyl (C=O) groups excluding carboxylic acids is 1. The van der Waals surface area contributed by atoms with Crippen LogP contribution in [-0.2, 0) is 0 Å². The van der Waals surface area contributed by atoms with Gasteiger partial charge >= 0.3 is 6.18 Å². The molecule has 10 heteroatoms. The zero-order chi connectivity index (χ0) is 21.0. The minimum atomic E-state index is -4.49. The second-order valence-corrected chi connectivity index (χ2v) is 7.81. The van der Waals surface area contributed by atoms with Crippen molar-refractivity contribution >= 4 is 17.8 Å². The van der Waals surface area contributed by atoms with E-state index in [1.54, 1.807) is 10.6 Å². The highest BCUT2D eigenvalue weighted by Crippen LogP contribution is 2.40. The summed E-state index contributed by atoms with van der Waals surface area (Å²) in [7, 11) is 0. The van der Waals surface area contributed by atoms with Crippen LogP contribution in [0.1, 0.15) is 40.6 Å². The first kappa shape index (κ1) is 18.8. The van der Waals surface area contributed by atoms with Crippen LogP contribution in [-0.4, -0.2) is 49.8 Å². The molecule has 7 nitrogen and oxygen atoms in total.